The van der Waals surface area contributed by atoms with Crippen molar-refractivity contribution in [1.29, 1.82) is 0 Å². The maximum absolute atomic E-state index is 13.6. The number of hydrogen-bond donors (Lipinski definition) is 3. The summed E-state index contributed by atoms with van der Waals surface area (Å²) in [6, 6.07) is 21.2. The third-order valence-corrected chi connectivity index (χ3v) is 7.17. The van der Waals surface area contributed by atoms with Crippen molar-refractivity contribution in [3.63, 3.8) is 0 Å². The number of nitrogens with zero attached hydrogens (tertiary/aromatic N) is 2. The number of fused-ring (bicyclic) bond motifs is 1. The quantitative estimate of drug-likeness (QED) is 0.310. The fraction of sp³-hybridized carbons (Fsp3) is 0.207. The summed E-state index contributed by atoms with van der Waals surface area (Å²) in [7, 11) is 0. The number of likely N-dealkylation sites (tertiary alicyclic amines) is 1. The Kier molecular flexibility index (Phi) is 6.61. The van der Waals surface area contributed by atoms with Crippen molar-refractivity contribution in [2.24, 2.45) is 11.8 Å². The second-order valence-electron chi connectivity index (χ2n) is 9.47. The van der Waals surface area contributed by atoms with Gasteiger partial charge in [-0.05, 0) is 28.8 Å². The van der Waals surface area contributed by atoms with E-state index in [4.69, 9.17) is 0 Å². The fourth-order valence-corrected chi connectivity index (χ4v) is 5.40. The van der Waals surface area contributed by atoms with Gasteiger partial charge < -0.3 is 10.2 Å². The average Bonchev–Trinajstić information content (AvgIpc) is 3.38. The summed E-state index contributed by atoms with van der Waals surface area (Å²) in [5.74, 6) is -6.59. The Labute approximate surface area is 218 Å². The lowest BCUT2D eigenvalue weighted by molar-refractivity contribution is -0.156. The van der Waals surface area contributed by atoms with Gasteiger partial charge in [-0.3, -0.25) is 34.4 Å². The molecule has 38 heavy (non-hydrogen) atoms. The van der Waals surface area contributed by atoms with Gasteiger partial charge in [0.25, 0.3) is 0 Å². The van der Waals surface area contributed by atoms with E-state index in [-0.39, 0.29) is 6.54 Å². The van der Waals surface area contributed by atoms with Crippen molar-refractivity contribution < 1.29 is 29.4 Å². The Hall–Kier alpha value is -4.63. The Morgan fingerprint density at radius 2 is 1.55 bits per heavy atom. The van der Waals surface area contributed by atoms with Gasteiger partial charge in [0.1, 0.15) is 5.54 Å². The van der Waals surface area contributed by atoms with Crippen LogP contribution >= 0.6 is 0 Å². The smallest absolute Gasteiger partial charge is 0.325 e. The maximum Gasteiger partial charge on any atom is 0.325 e. The Bertz CT molecular complexity index is 1410. The van der Waals surface area contributed by atoms with Crippen LogP contribution in [0.2, 0.25) is 0 Å². The van der Waals surface area contributed by atoms with Crippen molar-refractivity contribution in [3.8, 4) is 0 Å². The largest absolute Gasteiger partial charge is 0.481 e. The summed E-state index contributed by atoms with van der Waals surface area (Å²) < 4.78 is 0. The maximum atomic E-state index is 13.6. The number of carbonyl (C=O) groups excluding carboxylic acids is 2. The van der Waals surface area contributed by atoms with Crippen LogP contribution in [0.4, 0.5) is 0 Å². The lowest BCUT2D eigenvalue weighted by Crippen LogP contribution is -2.56. The second kappa shape index (κ2) is 10.0. The van der Waals surface area contributed by atoms with Crippen LogP contribution < -0.4 is 5.32 Å². The highest BCUT2D eigenvalue weighted by Crippen LogP contribution is 2.50. The van der Waals surface area contributed by atoms with Gasteiger partial charge in [0.05, 0.1) is 30.5 Å². The van der Waals surface area contributed by atoms with Crippen molar-refractivity contribution in [3.05, 3.63) is 101 Å². The summed E-state index contributed by atoms with van der Waals surface area (Å²) in [6.07, 6.45) is 4.56. The van der Waals surface area contributed by atoms with Gasteiger partial charge in [0.2, 0.25) is 11.8 Å². The molecule has 3 heterocycles. The third-order valence-electron chi connectivity index (χ3n) is 7.17. The fourth-order valence-electron chi connectivity index (χ4n) is 5.40. The number of rotatable bonds is 8. The zero-order valence-electron chi connectivity index (χ0n) is 20.2. The number of carbonyl (C=O) groups is 4. The lowest BCUT2D eigenvalue weighted by Gasteiger charge is -2.29. The zero-order chi connectivity index (χ0) is 26.9. The SMILES string of the molecule is O=C(O)CC1(C(=O)O)NC(c2ccc(/C=C/c3ccccc3)cc2)C2C(=O)N(Cc3ccccn3)C(=O)C21. The van der Waals surface area contributed by atoms with E-state index in [2.05, 4.69) is 10.3 Å². The van der Waals surface area contributed by atoms with Crippen molar-refractivity contribution in [1.82, 2.24) is 15.2 Å². The van der Waals surface area contributed by atoms with Crippen LogP contribution in [0.3, 0.4) is 0 Å². The summed E-state index contributed by atoms with van der Waals surface area (Å²) in [5.41, 5.74) is 0.824. The molecule has 1 aromatic heterocycles. The minimum atomic E-state index is -2.14. The molecule has 2 amide bonds. The minimum absolute atomic E-state index is 0.121. The predicted octanol–water partition coefficient (Wildman–Crippen LogP) is 3.00. The lowest BCUT2D eigenvalue weighted by atomic mass is 9.77. The summed E-state index contributed by atoms with van der Waals surface area (Å²) in [6.45, 7) is -0.121. The molecule has 0 radical (unpaired) electrons. The normalized spacial score (nSPS) is 24.6. The number of amides is 2. The monoisotopic (exact) mass is 511 g/mol. The highest BCUT2D eigenvalue weighted by atomic mass is 16.4. The van der Waals surface area contributed by atoms with Gasteiger partial charge in [0.15, 0.2) is 0 Å². The molecule has 9 heteroatoms. The Balaban J connectivity index is 1.49. The van der Waals surface area contributed by atoms with Crippen LogP contribution in [0.1, 0.15) is 34.8 Å². The van der Waals surface area contributed by atoms with Crippen LogP contribution in [0.15, 0.2) is 79.0 Å². The molecule has 5 rings (SSSR count). The van der Waals surface area contributed by atoms with E-state index in [9.17, 15) is 29.4 Å². The third kappa shape index (κ3) is 4.48. The van der Waals surface area contributed by atoms with Crippen LogP contribution in [-0.4, -0.2) is 49.4 Å². The van der Waals surface area contributed by atoms with E-state index in [1.165, 1.54) is 6.20 Å². The van der Waals surface area contributed by atoms with Crippen molar-refractivity contribution in [2.45, 2.75) is 24.5 Å². The molecule has 0 bridgehead atoms. The molecule has 3 aromatic rings. The molecule has 0 aliphatic carbocycles. The summed E-state index contributed by atoms with van der Waals surface area (Å²) in [4.78, 5) is 56.6. The molecule has 2 saturated heterocycles. The van der Waals surface area contributed by atoms with E-state index < -0.39 is 53.6 Å². The first-order chi connectivity index (χ1) is 18.3. The van der Waals surface area contributed by atoms with Gasteiger partial charge >= 0.3 is 11.9 Å². The Morgan fingerprint density at radius 1 is 0.895 bits per heavy atom. The van der Waals surface area contributed by atoms with E-state index in [0.29, 0.717) is 11.3 Å². The number of carboxylic acid groups (broad SMARTS) is 2. The number of nitrogens with one attached hydrogen (secondary N) is 1. The van der Waals surface area contributed by atoms with Gasteiger partial charge in [-0.25, -0.2) is 0 Å². The van der Waals surface area contributed by atoms with E-state index in [0.717, 1.165) is 16.0 Å². The number of carboxylic acids is 2. The molecular weight excluding hydrogens is 486 g/mol. The van der Waals surface area contributed by atoms with Gasteiger partial charge in [-0.2, -0.15) is 0 Å². The second-order valence-corrected chi connectivity index (χ2v) is 9.47. The van der Waals surface area contributed by atoms with Gasteiger partial charge in [0, 0.05) is 12.2 Å². The highest BCUT2D eigenvalue weighted by Gasteiger charge is 2.69. The molecular formula is C29H25N3O6. The van der Waals surface area contributed by atoms with Crippen LogP contribution in [-0.2, 0) is 25.7 Å². The topological polar surface area (TPSA) is 137 Å². The molecule has 4 unspecified atom stereocenters. The summed E-state index contributed by atoms with van der Waals surface area (Å²) >= 11 is 0. The molecule has 0 saturated carbocycles. The van der Waals surface area contributed by atoms with E-state index in [1.54, 1.807) is 30.3 Å². The zero-order valence-corrected chi connectivity index (χ0v) is 20.2. The number of aliphatic carboxylic acids is 2. The number of aromatic nitrogens is 1. The Morgan fingerprint density at radius 3 is 2.16 bits per heavy atom. The molecule has 3 N–H and O–H groups in total. The van der Waals surface area contributed by atoms with E-state index in [1.807, 2.05) is 54.6 Å². The van der Waals surface area contributed by atoms with Gasteiger partial charge in [-0.15, -0.1) is 0 Å². The van der Waals surface area contributed by atoms with Crippen LogP contribution in [0.25, 0.3) is 12.2 Å². The molecule has 4 atom stereocenters. The first kappa shape index (κ1) is 25.0. The highest BCUT2D eigenvalue weighted by molar-refractivity contribution is 6.10. The number of imide groups is 1. The molecule has 0 spiro atoms. The number of pyridine rings is 1. The summed E-state index contributed by atoms with van der Waals surface area (Å²) in [5, 5.41) is 22.7. The van der Waals surface area contributed by atoms with E-state index >= 15 is 0 Å². The average molecular weight is 512 g/mol. The van der Waals surface area contributed by atoms with Crippen LogP contribution in [0, 0.1) is 11.8 Å². The number of hydrogen-bond acceptors (Lipinski definition) is 6. The number of benzene rings is 2. The first-order valence-electron chi connectivity index (χ1n) is 12.1. The first-order valence-corrected chi connectivity index (χ1v) is 12.1. The standard InChI is InChI=1S/C29H25N3O6/c33-22(34)16-29(28(37)38)24-23(26(35)32(27(24)36)17-21-8-4-5-15-30-21)25(31-29)20-13-11-19(12-14-20)10-9-18-6-2-1-3-7-18/h1-15,23-25,31H,16-17H2,(H,33,34)(H,37,38)/b10-9+. The molecule has 2 fully saturated rings. The van der Waals surface area contributed by atoms with Crippen LogP contribution in [0.5, 0.6) is 0 Å². The molecule has 192 valence electrons. The molecule has 9 nitrogen and oxygen atoms in total. The predicted molar refractivity (Wildman–Crippen MR) is 137 cm³/mol. The van der Waals surface area contributed by atoms with Crippen molar-refractivity contribution in [2.75, 3.05) is 0 Å². The van der Waals surface area contributed by atoms with Crippen molar-refractivity contribution >= 4 is 35.9 Å². The molecule has 2 aliphatic heterocycles. The minimum Gasteiger partial charge on any atom is -0.481 e. The van der Waals surface area contributed by atoms with Gasteiger partial charge in [-0.1, -0.05) is 72.8 Å². The molecule has 2 aromatic carbocycles. The molecule has 2 aliphatic rings.